The highest BCUT2D eigenvalue weighted by molar-refractivity contribution is 6.35. The van der Waals surface area contributed by atoms with Gasteiger partial charge in [0.05, 0.1) is 36.9 Å². The van der Waals surface area contributed by atoms with Crippen molar-refractivity contribution in [1.82, 2.24) is 19.8 Å². The molecule has 1 amide bonds. The number of ether oxygens (including phenoxy) is 3. The van der Waals surface area contributed by atoms with E-state index in [1.54, 1.807) is 6.07 Å². The van der Waals surface area contributed by atoms with E-state index in [9.17, 15) is 9.90 Å². The number of amides is 1. The van der Waals surface area contributed by atoms with Gasteiger partial charge in [-0.25, -0.2) is 9.18 Å². The van der Waals surface area contributed by atoms with Crippen molar-refractivity contribution in [3.63, 3.8) is 0 Å². The molecule has 2 aliphatic carbocycles. The molecule has 50 heavy (non-hydrogen) atoms. The van der Waals surface area contributed by atoms with Gasteiger partial charge in [-0.2, -0.15) is 9.97 Å². The van der Waals surface area contributed by atoms with Crippen LogP contribution in [0.2, 0.25) is 10.0 Å². The molecule has 3 aromatic rings. The number of nitrogens with zero attached hydrogens (tertiary/aromatic N) is 5. The molecule has 5 fully saturated rings. The number of anilines is 1. The highest BCUT2D eigenvalue weighted by atomic mass is 35.5. The first-order chi connectivity index (χ1) is 23.9. The van der Waals surface area contributed by atoms with E-state index >= 15 is 4.39 Å². The zero-order chi connectivity index (χ0) is 34.9. The number of phenolic OH excluding ortho intramolecular Hbond substituents is 1. The van der Waals surface area contributed by atoms with Crippen LogP contribution in [-0.4, -0.2) is 101 Å². The third-order valence-electron chi connectivity index (χ3n) is 10.7. The summed E-state index contributed by atoms with van der Waals surface area (Å²) >= 11 is 13.6. The summed E-state index contributed by atoms with van der Waals surface area (Å²) in [6.07, 6.45) is 5.29. The Hall–Kier alpha value is -3.12. The predicted octanol–water partition coefficient (Wildman–Crippen LogP) is 7.41. The Kier molecular flexibility index (Phi) is 8.72. The fraction of sp³-hybridized carbons (Fsp3) is 0.595. The van der Waals surface area contributed by atoms with E-state index < -0.39 is 11.4 Å². The largest absolute Gasteiger partial charge is 0.508 e. The van der Waals surface area contributed by atoms with Gasteiger partial charge in [0.15, 0.2) is 5.82 Å². The molecule has 10 nitrogen and oxygen atoms in total. The Bertz CT molecular complexity index is 1810. The molecular weight excluding hydrogens is 684 g/mol. The van der Waals surface area contributed by atoms with Crippen molar-refractivity contribution >= 4 is 46.0 Å². The second kappa shape index (κ2) is 12.8. The van der Waals surface area contributed by atoms with Crippen LogP contribution in [0.1, 0.15) is 70.8 Å². The lowest BCUT2D eigenvalue weighted by atomic mass is 9.94. The molecule has 5 aliphatic rings. The second-order valence-corrected chi connectivity index (χ2v) is 16.6. The highest BCUT2D eigenvalue weighted by Crippen LogP contribution is 2.52. The average Bonchev–Trinajstić information content (AvgIpc) is 3.99. The number of hydrogen-bond donors (Lipinski definition) is 1. The summed E-state index contributed by atoms with van der Waals surface area (Å²) in [4.78, 5) is 29.3. The molecule has 0 radical (unpaired) electrons. The average molecular weight is 729 g/mol. The van der Waals surface area contributed by atoms with E-state index in [1.807, 2.05) is 25.7 Å². The van der Waals surface area contributed by atoms with Crippen LogP contribution in [0.4, 0.5) is 15.0 Å². The molecular formula is C37H44Cl2FN5O5. The summed E-state index contributed by atoms with van der Waals surface area (Å²) in [5.74, 6) is 0.00890. The molecule has 3 saturated heterocycles. The van der Waals surface area contributed by atoms with Gasteiger partial charge in [0, 0.05) is 54.1 Å². The number of carbonyl (C=O) groups excluding carboxylic acids is 1. The van der Waals surface area contributed by atoms with Crippen LogP contribution in [-0.2, 0) is 9.47 Å². The van der Waals surface area contributed by atoms with Crippen LogP contribution in [0.5, 0.6) is 11.8 Å². The molecule has 3 aliphatic heterocycles. The first-order valence-electron chi connectivity index (χ1n) is 17.8. The number of fused-ring (bicyclic) bond motifs is 3. The van der Waals surface area contributed by atoms with Crippen molar-refractivity contribution in [2.75, 3.05) is 57.4 Å². The topological polar surface area (TPSA) is 100 Å². The van der Waals surface area contributed by atoms with Gasteiger partial charge in [-0.05, 0) is 94.5 Å². The lowest BCUT2D eigenvalue weighted by Gasteiger charge is -2.42. The minimum absolute atomic E-state index is 0.00481. The van der Waals surface area contributed by atoms with E-state index in [4.69, 9.17) is 47.4 Å². The van der Waals surface area contributed by atoms with Crippen LogP contribution < -0.4 is 9.64 Å². The molecule has 268 valence electrons. The monoisotopic (exact) mass is 727 g/mol. The molecule has 1 N–H and O–H groups in total. The fourth-order valence-electron chi connectivity index (χ4n) is 7.97. The van der Waals surface area contributed by atoms with Gasteiger partial charge in [0.25, 0.3) is 0 Å². The van der Waals surface area contributed by atoms with Gasteiger partial charge < -0.3 is 24.2 Å². The zero-order valence-electron chi connectivity index (χ0n) is 28.8. The number of rotatable bonds is 8. The molecule has 8 rings (SSSR count). The minimum Gasteiger partial charge on any atom is -0.508 e. The van der Waals surface area contributed by atoms with E-state index in [0.717, 1.165) is 76.9 Å². The highest BCUT2D eigenvalue weighted by Gasteiger charge is 2.47. The standard InChI is InChI=1S/C37H44Cl2FN5O5/c1-36(2,3)50-35(47)45-22-6-7-23(45)18-44(17-22)33-26-16-28(39)30(25-14-24(46)15-27(38)29(25)21-4-5-21)31(40)32(26)41-34(42-33)49-20-37(8-9-37)19-43-10-12-48-13-11-43/h14-16,21-23,46H,4-13,17-20H2,1-3H3. The number of hydrogen-bond acceptors (Lipinski definition) is 9. The predicted molar refractivity (Wildman–Crippen MR) is 190 cm³/mol. The summed E-state index contributed by atoms with van der Waals surface area (Å²) in [6.45, 7) is 11.2. The third-order valence-corrected chi connectivity index (χ3v) is 11.3. The van der Waals surface area contributed by atoms with Crippen molar-refractivity contribution in [3.05, 3.63) is 39.6 Å². The maximum Gasteiger partial charge on any atom is 0.410 e. The van der Waals surface area contributed by atoms with Gasteiger partial charge >= 0.3 is 12.1 Å². The number of halogens is 3. The Morgan fingerprint density at radius 2 is 1.74 bits per heavy atom. The third kappa shape index (κ3) is 6.66. The van der Waals surface area contributed by atoms with Gasteiger partial charge in [-0.1, -0.05) is 23.2 Å². The first-order valence-corrected chi connectivity index (χ1v) is 18.6. The first kappa shape index (κ1) is 34.0. The second-order valence-electron chi connectivity index (χ2n) is 15.8. The lowest BCUT2D eigenvalue weighted by molar-refractivity contribution is 0.0122. The van der Waals surface area contributed by atoms with Crippen LogP contribution in [0.3, 0.4) is 0 Å². The normalized spacial score (nSPS) is 23.4. The van der Waals surface area contributed by atoms with Crippen LogP contribution in [0.15, 0.2) is 18.2 Å². The molecule has 4 heterocycles. The molecule has 0 spiro atoms. The number of phenols is 1. The van der Waals surface area contributed by atoms with E-state index in [2.05, 4.69) is 9.80 Å². The summed E-state index contributed by atoms with van der Waals surface area (Å²) in [5, 5.41) is 11.6. The molecule has 2 unspecified atom stereocenters. The quantitative estimate of drug-likeness (QED) is 0.254. The maximum absolute atomic E-state index is 17.1. The number of aromatic nitrogens is 2. The molecule has 2 atom stereocenters. The van der Waals surface area contributed by atoms with Gasteiger partial charge in [0.1, 0.15) is 22.7 Å². The summed E-state index contributed by atoms with van der Waals surface area (Å²) < 4.78 is 34.8. The van der Waals surface area contributed by atoms with E-state index in [1.165, 1.54) is 12.1 Å². The molecule has 2 bridgehead atoms. The zero-order valence-corrected chi connectivity index (χ0v) is 30.3. The van der Waals surface area contributed by atoms with Crippen LogP contribution in [0, 0.1) is 11.2 Å². The summed E-state index contributed by atoms with van der Waals surface area (Å²) in [6, 6.07) is 4.67. The van der Waals surface area contributed by atoms with E-state index in [-0.39, 0.29) is 57.4 Å². The fourth-order valence-corrected chi connectivity index (χ4v) is 8.64. The van der Waals surface area contributed by atoms with Crippen molar-refractivity contribution in [3.8, 4) is 22.9 Å². The lowest BCUT2D eigenvalue weighted by Crippen LogP contribution is -2.57. The van der Waals surface area contributed by atoms with Crippen molar-refractivity contribution < 1.29 is 28.5 Å². The Labute approximate surface area is 301 Å². The van der Waals surface area contributed by atoms with Crippen molar-refractivity contribution in [2.24, 2.45) is 5.41 Å². The smallest absolute Gasteiger partial charge is 0.410 e. The number of aromatic hydroxyl groups is 1. The molecule has 13 heteroatoms. The Morgan fingerprint density at radius 3 is 2.38 bits per heavy atom. The van der Waals surface area contributed by atoms with Gasteiger partial charge in [-0.3, -0.25) is 9.80 Å². The number of morpholine rings is 1. The van der Waals surface area contributed by atoms with Gasteiger partial charge in [0.2, 0.25) is 0 Å². The Morgan fingerprint density at radius 1 is 1.04 bits per heavy atom. The van der Waals surface area contributed by atoms with Crippen molar-refractivity contribution in [2.45, 2.75) is 82.9 Å². The van der Waals surface area contributed by atoms with E-state index in [0.29, 0.717) is 41.5 Å². The van der Waals surface area contributed by atoms with Crippen molar-refractivity contribution in [1.29, 1.82) is 0 Å². The Balaban J connectivity index is 1.17. The molecule has 2 aromatic carbocycles. The number of carbonyl (C=O) groups is 1. The maximum atomic E-state index is 17.1. The van der Waals surface area contributed by atoms with Gasteiger partial charge in [-0.15, -0.1) is 0 Å². The van der Waals surface area contributed by atoms with Crippen LogP contribution in [0.25, 0.3) is 22.0 Å². The summed E-state index contributed by atoms with van der Waals surface area (Å²) in [7, 11) is 0. The summed E-state index contributed by atoms with van der Waals surface area (Å²) in [5.41, 5.74) is 0.879. The minimum atomic E-state index is -0.616. The number of piperazine rings is 1. The number of benzene rings is 2. The van der Waals surface area contributed by atoms with Crippen LogP contribution >= 0.6 is 23.2 Å². The molecule has 1 aromatic heterocycles. The molecule has 2 saturated carbocycles. The SMILES string of the molecule is CC(C)(C)OC(=O)N1C2CCC1CN(c1nc(OCC3(CN4CCOCC4)CC3)nc3c(F)c(-c4cc(O)cc(Cl)c4C4CC4)c(Cl)cc13)C2.